The van der Waals surface area contributed by atoms with Gasteiger partial charge >= 0.3 is 11.9 Å². The first-order valence-corrected chi connectivity index (χ1v) is 16.0. The standard InChI is InChI=1S/C33H45N5O6S/c1-15-20(6-8-29(39)40)26(35-23(15)12-25-17(3)22(10-11-34)33(44)37-25)14-27-21(7-9-30(41)42)16(2)24(36-27)13-28-31(19(5)45)18(4)32(43)38-28/h13,18-19,25,31,35-36,45H,6-12,14,34H2,1-5H3,(H,37,44)(H,38,43)(H,39,40)(H,41,42)/b28-13-/t18-,19-,25-,31+/m1/s1. The summed E-state index contributed by atoms with van der Waals surface area (Å²) in [6.07, 6.45) is 3.89. The van der Waals surface area contributed by atoms with Crippen molar-refractivity contribution in [1.82, 2.24) is 20.6 Å². The van der Waals surface area contributed by atoms with Crippen molar-refractivity contribution in [2.24, 2.45) is 17.6 Å². The summed E-state index contributed by atoms with van der Waals surface area (Å²) in [5.41, 5.74) is 15.2. The van der Waals surface area contributed by atoms with E-state index in [9.17, 15) is 29.4 Å². The highest BCUT2D eigenvalue weighted by atomic mass is 32.1. The summed E-state index contributed by atoms with van der Waals surface area (Å²) in [5, 5.41) is 25.0. The largest absolute Gasteiger partial charge is 0.481 e. The second kappa shape index (κ2) is 14.1. The number of H-pyrrole nitrogens is 2. The Kier molecular flexibility index (Phi) is 10.7. The number of nitrogens with two attached hydrogens (primary N) is 1. The quantitative estimate of drug-likeness (QED) is 0.145. The van der Waals surface area contributed by atoms with Crippen LogP contribution in [0.3, 0.4) is 0 Å². The SMILES string of the molecule is CC1=C(CCN)C(=O)N[C@@H]1Cc1[nH]c(Cc2[nH]c(/C=C3\NC(=O)[C@H](C)[C@H]3[C@@H](C)S)c(C)c2CCC(=O)O)c(CCC(=O)O)c1C. The lowest BCUT2D eigenvalue weighted by Crippen LogP contribution is -2.30. The van der Waals surface area contributed by atoms with Gasteiger partial charge in [0.2, 0.25) is 11.8 Å². The maximum Gasteiger partial charge on any atom is 0.303 e. The minimum absolute atomic E-state index is 0.0426. The average molecular weight is 640 g/mol. The third-order valence-corrected chi connectivity index (χ3v) is 9.71. The minimum atomic E-state index is -0.904. The fraction of sp³-hybridized carbons (Fsp3) is 0.515. The van der Waals surface area contributed by atoms with Gasteiger partial charge in [-0.05, 0) is 80.5 Å². The van der Waals surface area contributed by atoms with Crippen molar-refractivity contribution in [1.29, 1.82) is 0 Å². The molecular formula is C33H45N5O6S. The van der Waals surface area contributed by atoms with Gasteiger partial charge in [-0.2, -0.15) is 12.6 Å². The van der Waals surface area contributed by atoms with Crippen molar-refractivity contribution >= 4 is 42.5 Å². The Bertz CT molecular complexity index is 1570. The van der Waals surface area contributed by atoms with Crippen LogP contribution in [0.25, 0.3) is 6.08 Å². The molecule has 0 saturated carbocycles. The van der Waals surface area contributed by atoms with Crippen molar-refractivity contribution < 1.29 is 29.4 Å². The Hall–Kier alpha value is -3.77. The molecule has 11 nitrogen and oxygen atoms in total. The lowest BCUT2D eigenvalue weighted by molar-refractivity contribution is -0.138. The number of rotatable bonds is 14. The molecule has 0 spiro atoms. The van der Waals surface area contributed by atoms with E-state index in [1.54, 1.807) is 0 Å². The Morgan fingerprint density at radius 2 is 1.56 bits per heavy atom. The van der Waals surface area contributed by atoms with Gasteiger partial charge in [0.15, 0.2) is 0 Å². The van der Waals surface area contributed by atoms with Crippen molar-refractivity contribution in [2.45, 2.75) is 90.9 Å². The van der Waals surface area contributed by atoms with Crippen LogP contribution in [-0.2, 0) is 44.9 Å². The molecule has 2 aromatic rings. The van der Waals surface area contributed by atoms with Gasteiger partial charge in [-0.25, -0.2) is 0 Å². The van der Waals surface area contributed by atoms with Crippen LogP contribution in [0.2, 0.25) is 0 Å². The van der Waals surface area contributed by atoms with Crippen LogP contribution < -0.4 is 16.4 Å². The number of carboxylic acid groups (broad SMARTS) is 2. The summed E-state index contributed by atoms with van der Waals surface area (Å²) in [5.74, 6) is -2.28. The number of carbonyl (C=O) groups is 4. The van der Waals surface area contributed by atoms with Crippen LogP contribution in [0, 0.1) is 25.7 Å². The molecule has 8 N–H and O–H groups in total. The van der Waals surface area contributed by atoms with Crippen LogP contribution in [0.5, 0.6) is 0 Å². The summed E-state index contributed by atoms with van der Waals surface area (Å²) in [6, 6.07) is -0.195. The van der Waals surface area contributed by atoms with Gasteiger partial charge in [-0.1, -0.05) is 13.8 Å². The zero-order valence-corrected chi connectivity index (χ0v) is 27.5. The third kappa shape index (κ3) is 7.38. The van der Waals surface area contributed by atoms with Crippen molar-refractivity contribution in [2.75, 3.05) is 6.54 Å². The number of amides is 2. The molecule has 45 heavy (non-hydrogen) atoms. The number of thiol groups is 1. The first kappa shape index (κ1) is 34.1. The highest BCUT2D eigenvalue weighted by Gasteiger charge is 2.38. The second-order valence-corrected chi connectivity index (χ2v) is 13.2. The van der Waals surface area contributed by atoms with Crippen LogP contribution in [0.4, 0.5) is 0 Å². The zero-order chi connectivity index (χ0) is 33.2. The molecule has 0 bridgehead atoms. The number of hydrogen-bond donors (Lipinski definition) is 8. The smallest absolute Gasteiger partial charge is 0.303 e. The average Bonchev–Trinajstić information content (AvgIpc) is 3.60. The van der Waals surface area contributed by atoms with E-state index < -0.39 is 11.9 Å². The molecule has 4 rings (SSSR count). The van der Waals surface area contributed by atoms with Gasteiger partial charge in [0.1, 0.15) is 0 Å². The van der Waals surface area contributed by atoms with Crippen LogP contribution in [0.1, 0.15) is 85.1 Å². The van der Waals surface area contributed by atoms with Crippen molar-refractivity contribution in [3.63, 3.8) is 0 Å². The fourth-order valence-corrected chi connectivity index (χ4v) is 7.21. The molecule has 0 unspecified atom stereocenters. The zero-order valence-electron chi connectivity index (χ0n) is 26.6. The van der Waals surface area contributed by atoms with E-state index >= 15 is 0 Å². The summed E-state index contributed by atoms with van der Waals surface area (Å²) in [6.45, 7) is 10.1. The second-order valence-electron chi connectivity index (χ2n) is 12.3. The summed E-state index contributed by atoms with van der Waals surface area (Å²) >= 11 is 4.63. The number of aliphatic carboxylic acids is 2. The Morgan fingerprint density at radius 1 is 0.956 bits per heavy atom. The monoisotopic (exact) mass is 639 g/mol. The van der Waals surface area contributed by atoms with Gasteiger partial charge in [-0.3, -0.25) is 19.2 Å². The first-order chi connectivity index (χ1) is 21.2. The molecule has 4 heterocycles. The normalized spacial score (nSPS) is 21.5. The Labute approximate surface area is 268 Å². The Balaban J connectivity index is 1.74. The van der Waals surface area contributed by atoms with E-state index in [1.165, 1.54) is 0 Å². The van der Waals surface area contributed by atoms with E-state index in [2.05, 4.69) is 33.2 Å². The predicted octanol–water partition coefficient (Wildman–Crippen LogP) is 3.33. The third-order valence-electron chi connectivity index (χ3n) is 9.39. The topological polar surface area (TPSA) is 190 Å². The number of carbonyl (C=O) groups excluding carboxylic acids is 2. The van der Waals surface area contributed by atoms with E-state index in [-0.39, 0.29) is 47.8 Å². The summed E-state index contributed by atoms with van der Waals surface area (Å²) < 4.78 is 0. The summed E-state index contributed by atoms with van der Waals surface area (Å²) in [7, 11) is 0. The lowest BCUT2D eigenvalue weighted by atomic mass is 9.91. The van der Waals surface area contributed by atoms with E-state index in [4.69, 9.17) is 5.73 Å². The highest BCUT2D eigenvalue weighted by molar-refractivity contribution is 7.80. The number of allylic oxidation sites excluding steroid dienone is 1. The number of aromatic amines is 2. The molecule has 1 fully saturated rings. The van der Waals surface area contributed by atoms with Gasteiger partial charge in [0.05, 0.1) is 6.04 Å². The van der Waals surface area contributed by atoms with E-state index in [0.717, 1.165) is 56.3 Å². The fourth-order valence-electron chi connectivity index (χ4n) is 6.79. The number of nitrogens with one attached hydrogen (secondary N) is 4. The molecule has 244 valence electrons. The molecule has 0 radical (unpaired) electrons. The van der Waals surface area contributed by atoms with Crippen molar-refractivity contribution in [3.8, 4) is 0 Å². The number of aromatic nitrogens is 2. The van der Waals surface area contributed by atoms with Crippen LogP contribution in [-0.4, -0.2) is 61.8 Å². The maximum absolute atomic E-state index is 12.6. The maximum atomic E-state index is 12.6. The lowest BCUT2D eigenvalue weighted by Gasteiger charge is -2.17. The molecule has 2 aromatic heterocycles. The van der Waals surface area contributed by atoms with Gasteiger partial charge in [0.25, 0.3) is 0 Å². The minimum Gasteiger partial charge on any atom is -0.481 e. The molecule has 2 aliphatic rings. The predicted molar refractivity (Wildman–Crippen MR) is 175 cm³/mol. The highest BCUT2D eigenvalue weighted by Crippen LogP contribution is 2.35. The molecule has 12 heteroatoms. The van der Waals surface area contributed by atoms with E-state index in [0.29, 0.717) is 44.2 Å². The molecule has 0 aromatic carbocycles. The van der Waals surface area contributed by atoms with Gasteiger partial charge in [0, 0.05) is 76.8 Å². The first-order valence-electron chi connectivity index (χ1n) is 15.5. The van der Waals surface area contributed by atoms with Gasteiger partial charge in [-0.15, -0.1) is 0 Å². The van der Waals surface area contributed by atoms with Crippen LogP contribution in [0.15, 0.2) is 16.8 Å². The number of carboxylic acids is 2. The molecule has 2 amide bonds. The molecule has 4 atom stereocenters. The molecule has 2 aliphatic heterocycles. The van der Waals surface area contributed by atoms with Crippen molar-refractivity contribution in [3.05, 3.63) is 61.9 Å². The van der Waals surface area contributed by atoms with Crippen LogP contribution >= 0.6 is 12.6 Å². The Morgan fingerprint density at radius 3 is 2.13 bits per heavy atom. The number of hydrogen-bond acceptors (Lipinski definition) is 6. The van der Waals surface area contributed by atoms with Gasteiger partial charge < -0.3 is 36.5 Å². The molecule has 0 aliphatic carbocycles. The molecular weight excluding hydrogens is 594 g/mol. The van der Waals surface area contributed by atoms with E-state index in [1.807, 2.05) is 40.7 Å². The summed E-state index contributed by atoms with van der Waals surface area (Å²) in [4.78, 5) is 55.3. The molecule has 1 saturated heterocycles.